The van der Waals surface area contributed by atoms with Crippen LogP contribution in [0, 0.1) is 19.7 Å². The van der Waals surface area contributed by atoms with Gasteiger partial charge in [0.05, 0.1) is 24.9 Å². The molecule has 1 saturated heterocycles. The summed E-state index contributed by atoms with van der Waals surface area (Å²) in [6, 6.07) is 15.9. The average Bonchev–Trinajstić information content (AvgIpc) is 3.48. The Morgan fingerprint density at radius 1 is 1.06 bits per heavy atom. The van der Waals surface area contributed by atoms with Crippen molar-refractivity contribution in [3.05, 3.63) is 83.3 Å². The topological polar surface area (TPSA) is 76.6 Å². The minimum absolute atomic E-state index is 0.0371. The van der Waals surface area contributed by atoms with E-state index in [1.807, 2.05) is 49.1 Å². The van der Waals surface area contributed by atoms with E-state index in [1.165, 1.54) is 6.07 Å². The van der Waals surface area contributed by atoms with Crippen molar-refractivity contribution in [2.24, 2.45) is 0 Å². The van der Waals surface area contributed by atoms with Gasteiger partial charge in [0, 0.05) is 43.1 Å². The van der Waals surface area contributed by atoms with E-state index in [4.69, 9.17) is 9.26 Å². The van der Waals surface area contributed by atoms with Crippen molar-refractivity contribution in [2.75, 3.05) is 33.3 Å². The first-order valence-electron chi connectivity index (χ1n) is 11.9. The number of carbonyl (C=O) groups is 1. The lowest BCUT2D eigenvalue weighted by molar-refractivity contribution is 0.0614. The Hall–Kier alpha value is -3.98. The maximum atomic E-state index is 14.4. The number of amides is 1. The number of carbonyl (C=O) groups excluding carboxylic acids is 1. The van der Waals surface area contributed by atoms with Gasteiger partial charge in [-0.15, -0.1) is 0 Å². The zero-order chi connectivity index (χ0) is 25.2. The molecule has 1 aliphatic rings. The van der Waals surface area contributed by atoms with E-state index in [2.05, 4.69) is 15.0 Å². The highest BCUT2D eigenvalue weighted by molar-refractivity contribution is 5.96. The third-order valence-electron chi connectivity index (χ3n) is 6.59. The van der Waals surface area contributed by atoms with E-state index >= 15 is 0 Å². The largest absolute Gasteiger partial charge is 0.497 e. The summed E-state index contributed by atoms with van der Waals surface area (Å²) in [6.45, 7) is 6.82. The second-order valence-corrected chi connectivity index (χ2v) is 8.88. The first-order valence-corrected chi connectivity index (χ1v) is 11.9. The molecule has 5 rings (SSSR count). The Labute approximate surface area is 208 Å². The van der Waals surface area contributed by atoms with E-state index in [-0.39, 0.29) is 11.7 Å². The average molecular weight is 490 g/mol. The molecule has 0 aliphatic carbocycles. The third-order valence-corrected chi connectivity index (χ3v) is 6.59. The van der Waals surface area contributed by atoms with Gasteiger partial charge in [-0.3, -0.25) is 9.69 Å². The van der Waals surface area contributed by atoms with E-state index in [0.717, 1.165) is 22.7 Å². The molecule has 0 atom stereocenters. The zero-order valence-electron chi connectivity index (χ0n) is 20.6. The SMILES string of the molecule is COc1ccc(-c2noc(CN3CCN(C(=O)c4cc(C)n(-c5ccccc5F)c4C)CC3)n2)cc1. The summed E-state index contributed by atoms with van der Waals surface area (Å²) in [5.74, 6) is 1.48. The van der Waals surface area contributed by atoms with Gasteiger partial charge in [-0.2, -0.15) is 4.98 Å². The van der Waals surface area contributed by atoms with Gasteiger partial charge in [0.25, 0.3) is 5.91 Å². The first-order chi connectivity index (χ1) is 17.4. The Morgan fingerprint density at radius 3 is 2.47 bits per heavy atom. The molecular formula is C27H28FN5O3. The Kier molecular flexibility index (Phi) is 6.56. The lowest BCUT2D eigenvalue weighted by Crippen LogP contribution is -2.48. The maximum absolute atomic E-state index is 14.4. The van der Waals surface area contributed by atoms with Crippen molar-refractivity contribution in [1.29, 1.82) is 0 Å². The number of methoxy groups -OCH3 is 1. The summed E-state index contributed by atoms with van der Waals surface area (Å²) in [7, 11) is 1.62. The number of para-hydroxylation sites is 1. The summed E-state index contributed by atoms with van der Waals surface area (Å²) in [4.78, 5) is 21.9. The van der Waals surface area contributed by atoms with Gasteiger partial charge in [-0.25, -0.2) is 4.39 Å². The number of hydrogen-bond acceptors (Lipinski definition) is 6. The van der Waals surface area contributed by atoms with Crippen LogP contribution in [0.1, 0.15) is 27.6 Å². The molecule has 0 N–H and O–H groups in total. The maximum Gasteiger partial charge on any atom is 0.255 e. The standard InChI is InChI=1S/C27H28FN5O3/c1-18-16-22(19(2)33(18)24-7-5-4-6-23(24)28)27(34)32-14-12-31(13-15-32)17-25-29-26(30-36-25)20-8-10-21(35-3)11-9-20/h4-11,16H,12-15,17H2,1-3H3. The van der Waals surface area contributed by atoms with E-state index in [9.17, 15) is 9.18 Å². The van der Waals surface area contributed by atoms with Gasteiger partial charge in [-0.05, 0) is 56.3 Å². The number of piperazine rings is 1. The number of hydrogen-bond donors (Lipinski definition) is 0. The highest BCUT2D eigenvalue weighted by atomic mass is 19.1. The molecule has 8 nitrogen and oxygen atoms in total. The molecule has 1 amide bonds. The number of halogens is 1. The third kappa shape index (κ3) is 4.61. The summed E-state index contributed by atoms with van der Waals surface area (Å²) >= 11 is 0. The summed E-state index contributed by atoms with van der Waals surface area (Å²) in [6.07, 6.45) is 0. The second-order valence-electron chi connectivity index (χ2n) is 8.88. The van der Waals surface area contributed by atoms with Crippen molar-refractivity contribution in [1.82, 2.24) is 24.5 Å². The molecule has 1 fully saturated rings. The summed E-state index contributed by atoms with van der Waals surface area (Å²) in [5.41, 5.74) is 3.47. The molecule has 186 valence electrons. The normalized spacial score (nSPS) is 14.3. The predicted molar refractivity (Wildman–Crippen MR) is 133 cm³/mol. The molecule has 4 aromatic rings. The van der Waals surface area contributed by atoms with Crippen LogP contribution >= 0.6 is 0 Å². The predicted octanol–water partition coefficient (Wildman–Crippen LogP) is 4.25. The Morgan fingerprint density at radius 2 is 1.78 bits per heavy atom. The number of aryl methyl sites for hydroxylation is 1. The molecule has 9 heteroatoms. The Bertz CT molecular complexity index is 1370. The van der Waals surface area contributed by atoms with Crippen LogP contribution in [0.25, 0.3) is 17.1 Å². The molecule has 0 radical (unpaired) electrons. The number of aromatic nitrogens is 3. The van der Waals surface area contributed by atoms with Crippen LogP contribution in [-0.2, 0) is 6.54 Å². The van der Waals surface area contributed by atoms with Gasteiger partial charge in [0.2, 0.25) is 11.7 Å². The minimum atomic E-state index is -0.317. The lowest BCUT2D eigenvalue weighted by Gasteiger charge is -2.34. The summed E-state index contributed by atoms with van der Waals surface area (Å²) in [5, 5.41) is 4.09. The lowest BCUT2D eigenvalue weighted by atomic mass is 10.2. The van der Waals surface area contributed by atoms with Crippen molar-refractivity contribution in [3.8, 4) is 22.8 Å². The van der Waals surface area contributed by atoms with Gasteiger partial charge >= 0.3 is 0 Å². The van der Waals surface area contributed by atoms with Gasteiger partial charge in [-0.1, -0.05) is 17.3 Å². The van der Waals surface area contributed by atoms with Gasteiger partial charge < -0.3 is 18.7 Å². The molecule has 2 aromatic carbocycles. The molecule has 0 saturated carbocycles. The van der Waals surface area contributed by atoms with Crippen LogP contribution in [0.4, 0.5) is 4.39 Å². The van der Waals surface area contributed by atoms with Crippen molar-refractivity contribution in [2.45, 2.75) is 20.4 Å². The molecule has 0 bridgehead atoms. The van der Waals surface area contributed by atoms with Crippen LogP contribution in [0.2, 0.25) is 0 Å². The van der Waals surface area contributed by atoms with Crippen molar-refractivity contribution >= 4 is 5.91 Å². The van der Waals surface area contributed by atoms with E-state index < -0.39 is 0 Å². The van der Waals surface area contributed by atoms with Crippen LogP contribution < -0.4 is 4.74 Å². The number of rotatable bonds is 6. The molecule has 2 aromatic heterocycles. The number of ether oxygens (including phenoxy) is 1. The first kappa shape index (κ1) is 23.7. The van der Waals surface area contributed by atoms with Crippen molar-refractivity contribution in [3.63, 3.8) is 0 Å². The molecule has 3 heterocycles. The van der Waals surface area contributed by atoms with Crippen LogP contribution in [0.5, 0.6) is 5.75 Å². The second kappa shape index (κ2) is 9.94. The van der Waals surface area contributed by atoms with E-state index in [1.54, 1.807) is 29.9 Å². The van der Waals surface area contributed by atoms with Gasteiger partial charge in [0.15, 0.2) is 0 Å². The van der Waals surface area contributed by atoms with Crippen LogP contribution in [0.15, 0.2) is 59.1 Å². The fraction of sp³-hybridized carbons (Fsp3) is 0.296. The fourth-order valence-corrected chi connectivity index (χ4v) is 4.63. The number of benzene rings is 2. The van der Waals surface area contributed by atoms with Gasteiger partial charge in [0.1, 0.15) is 11.6 Å². The Balaban J connectivity index is 1.22. The molecule has 1 aliphatic heterocycles. The zero-order valence-corrected chi connectivity index (χ0v) is 20.6. The number of nitrogens with zero attached hydrogens (tertiary/aromatic N) is 5. The van der Waals surface area contributed by atoms with Crippen LogP contribution in [-0.4, -0.2) is 63.7 Å². The molecule has 0 spiro atoms. The summed E-state index contributed by atoms with van der Waals surface area (Å²) < 4.78 is 26.9. The smallest absolute Gasteiger partial charge is 0.255 e. The highest BCUT2D eigenvalue weighted by Crippen LogP contribution is 2.25. The highest BCUT2D eigenvalue weighted by Gasteiger charge is 2.26. The molecule has 0 unspecified atom stereocenters. The van der Waals surface area contributed by atoms with E-state index in [0.29, 0.717) is 55.7 Å². The van der Waals surface area contributed by atoms with Crippen LogP contribution in [0.3, 0.4) is 0 Å². The van der Waals surface area contributed by atoms with Crippen molar-refractivity contribution < 1.29 is 18.4 Å². The molecular weight excluding hydrogens is 461 g/mol. The minimum Gasteiger partial charge on any atom is -0.497 e. The molecule has 36 heavy (non-hydrogen) atoms. The fourth-order valence-electron chi connectivity index (χ4n) is 4.63. The monoisotopic (exact) mass is 489 g/mol. The quantitative estimate of drug-likeness (QED) is 0.403.